The van der Waals surface area contributed by atoms with E-state index in [4.69, 9.17) is 11.6 Å². The molecule has 0 aliphatic carbocycles. The van der Waals surface area contributed by atoms with Crippen molar-refractivity contribution in [3.05, 3.63) is 70.7 Å². The summed E-state index contributed by atoms with van der Waals surface area (Å²) in [6.07, 6.45) is 0.800. The van der Waals surface area contributed by atoms with Crippen molar-refractivity contribution in [1.29, 1.82) is 0 Å². The molecule has 9 heteroatoms. The number of aliphatic hydroxyl groups is 1. The first kappa shape index (κ1) is 29.3. The van der Waals surface area contributed by atoms with Crippen LogP contribution in [0.4, 0.5) is 0 Å². The first-order chi connectivity index (χ1) is 16.7. The molecular weight excluding hydrogens is 486 g/mol. The number of sulfonamides is 1. The molecule has 194 valence electrons. The van der Waals surface area contributed by atoms with Crippen molar-refractivity contribution in [2.75, 3.05) is 25.4 Å². The highest BCUT2D eigenvalue weighted by atomic mass is 35.5. The fraction of sp³-hybridized carbons (Fsp3) is 0.500. The quantitative estimate of drug-likeness (QED) is 0.313. The van der Waals surface area contributed by atoms with Crippen molar-refractivity contribution in [3.63, 3.8) is 0 Å². The van der Waals surface area contributed by atoms with E-state index in [1.165, 1.54) is 4.31 Å². The minimum Gasteiger partial charge on any atom is -0.390 e. The summed E-state index contributed by atoms with van der Waals surface area (Å²) in [5.74, 6) is -0.655. The summed E-state index contributed by atoms with van der Waals surface area (Å²) in [6.45, 7) is 5.61. The average Bonchev–Trinajstić information content (AvgIpc) is 2.84. The van der Waals surface area contributed by atoms with Crippen LogP contribution < -0.4 is 10.6 Å². The second kappa shape index (κ2) is 15.2. The van der Waals surface area contributed by atoms with Crippen LogP contribution in [0.15, 0.2) is 54.6 Å². The lowest BCUT2D eigenvalue weighted by Gasteiger charge is -2.25. The number of benzene rings is 2. The second-order valence-electron chi connectivity index (χ2n) is 8.65. The molecular formula is C26H38ClN3O4S. The number of carbonyl (C=O) groups is 1. The first-order valence-electron chi connectivity index (χ1n) is 12.2. The Morgan fingerprint density at radius 2 is 1.63 bits per heavy atom. The zero-order valence-electron chi connectivity index (χ0n) is 20.6. The van der Waals surface area contributed by atoms with Crippen molar-refractivity contribution >= 4 is 27.5 Å². The Labute approximate surface area is 214 Å². The topological polar surface area (TPSA) is 98.7 Å². The van der Waals surface area contributed by atoms with Gasteiger partial charge in [-0.15, -0.1) is 0 Å². The molecule has 0 heterocycles. The minimum atomic E-state index is -3.52. The molecule has 1 amide bonds. The lowest BCUT2D eigenvalue weighted by Crippen LogP contribution is -2.49. The van der Waals surface area contributed by atoms with Gasteiger partial charge in [0.2, 0.25) is 15.9 Å². The highest BCUT2D eigenvalue weighted by Crippen LogP contribution is 2.13. The van der Waals surface area contributed by atoms with Crippen molar-refractivity contribution in [3.8, 4) is 0 Å². The molecule has 2 aromatic carbocycles. The first-order valence-corrected chi connectivity index (χ1v) is 14.2. The van der Waals surface area contributed by atoms with Gasteiger partial charge < -0.3 is 15.7 Å². The van der Waals surface area contributed by atoms with Crippen molar-refractivity contribution in [1.82, 2.24) is 14.9 Å². The number of hydrogen-bond donors (Lipinski definition) is 3. The van der Waals surface area contributed by atoms with Gasteiger partial charge in [0.1, 0.15) is 0 Å². The number of hydrogen-bond acceptors (Lipinski definition) is 5. The molecule has 2 rings (SSSR count). The number of aliphatic hydroxyl groups excluding tert-OH is 1. The number of rotatable bonds is 16. The average molecular weight is 524 g/mol. The largest absolute Gasteiger partial charge is 0.390 e. The van der Waals surface area contributed by atoms with Crippen LogP contribution in [0.25, 0.3) is 0 Å². The lowest BCUT2D eigenvalue weighted by molar-refractivity contribution is -0.122. The van der Waals surface area contributed by atoms with Crippen LogP contribution in [0.1, 0.15) is 44.2 Å². The van der Waals surface area contributed by atoms with Gasteiger partial charge in [0.25, 0.3) is 0 Å². The summed E-state index contributed by atoms with van der Waals surface area (Å²) in [5, 5.41) is 17.6. The maximum Gasteiger partial charge on any atom is 0.221 e. The van der Waals surface area contributed by atoms with Crippen LogP contribution in [0, 0.1) is 0 Å². The monoisotopic (exact) mass is 523 g/mol. The summed E-state index contributed by atoms with van der Waals surface area (Å²) in [6, 6.07) is 16.5. The fourth-order valence-electron chi connectivity index (χ4n) is 3.78. The summed E-state index contributed by atoms with van der Waals surface area (Å²) in [4.78, 5) is 12.7. The molecule has 35 heavy (non-hydrogen) atoms. The third kappa shape index (κ3) is 10.7. The Balaban J connectivity index is 2.00. The molecule has 2 aromatic rings. The van der Waals surface area contributed by atoms with Crippen LogP contribution >= 0.6 is 11.6 Å². The molecule has 7 nitrogen and oxygen atoms in total. The fourth-order valence-corrected chi connectivity index (χ4v) is 5.53. The van der Waals surface area contributed by atoms with E-state index in [2.05, 4.69) is 10.6 Å². The Bertz CT molecular complexity index is 981. The SMILES string of the molecule is CCCN(CCC)S(=O)(=O)CCC(=O)N[C@@H](Cc1ccc(Cl)cc1)[C@@H](O)CNCc1ccccc1. The zero-order chi connectivity index (χ0) is 25.7. The molecule has 0 aromatic heterocycles. The van der Waals surface area contributed by atoms with Gasteiger partial charge in [-0.3, -0.25) is 4.79 Å². The van der Waals surface area contributed by atoms with E-state index in [0.717, 1.165) is 24.0 Å². The van der Waals surface area contributed by atoms with E-state index in [1.54, 1.807) is 12.1 Å². The third-order valence-electron chi connectivity index (χ3n) is 5.63. The predicted octanol–water partition coefficient (Wildman–Crippen LogP) is 3.36. The molecule has 2 atom stereocenters. The van der Waals surface area contributed by atoms with Crippen molar-refractivity contribution in [2.24, 2.45) is 0 Å². The zero-order valence-corrected chi connectivity index (χ0v) is 22.2. The summed E-state index contributed by atoms with van der Waals surface area (Å²) in [5.41, 5.74) is 2.00. The highest BCUT2D eigenvalue weighted by Gasteiger charge is 2.25. The van der Waals surface area contributed by atoms with Crippen LogP contribution in [-0.4, -0.2) is 61.3 Å². The van der Waals surface area contributed by atoms with Gasteiger partial charge in [-0.2, -0.15) is 0 Å². The lowest BCUT2D eigenvalue weighted by atomic mass is 10.0. The van der Waals surface area contributed by atoms with Gasteiger partial charge >= 0.3 is 0 Å². The van der Waals surface area contributed by atoms with Crippen molar-refractivity contribution < 1.29 is 18.3 Å². The molecule has 0 fully saturated rings. The Morgan fingerprint density at radius 1 is 1.00 bits per heavy atom. The van der Waals surface area contributed by atoms with Gasteiger partial charge in [0, 0.05) is 37.6 Å². The number of nitrogens with one attached hydrogen (secondary N) is 2. The van der Waals surface area contributed by atoms with E-state index in [0.29, 0.717) is 31.1 Å². The number of carbonyl (C=O) groups excluding carboxylic acids is 1. The number of halogens is 1. The third-order valence-corrected chi connectivity index (χ3v) is 7.76. The highest BCUT2D eigenvalue weighted by molar-refractivity contribution is 7.89. The molecule has 0 saturated heterocycles. The van der Waals surface area contributed by atoms with Gasteiger partial charge in [-0.1, -0.05) is 67.9 Å². The van der Waals surface area contributed by atoms with E-state index >= 15 is 0 Å². The Hall–Kier alpha value is -1.97. The molecule has 0 spiro atoms. The van der Waals surface area contributed by atoms with Crippen molar-refractivity contribution in [2.45, 2.75) is 58.2 Å². The molecule has 0 saturated carbocycles. The summed E-state index contributed by atoms with van der Waals surface area (Å²) >= 11 is 5.99. The second-order valence-corrected chi connectivity index (χ2v) is 11.2. The van der Waals surface area contributed by atoms with Crippen LogP contribution in [-0.2, 0) is 27.8 Å². The molecule has 0 aliphatic rings. The molecule has 0 bridgehead atoms. The number of amides is 1. The standard InChI is InChI=1S/C26H38ClN3O4S/c1-3-15-30(16-4-2)35(33,34)17-14-26(32)29-24(18-21-10-12-23(27)13-11-21)25(31)20-28-19-22-8-6-5-7-9-22/h5-13,24-25,28,31H,3-4,14-20H2,1-2H3,(H,29,32)/t24-,25-/m0/s1. The minimum absolute atomic E-state index is 0.159. The van der Waals surface area contributed by atoms with Crippen LogP contribution in [0.2, 0.25) is 5.02 Å². The molecule has 0 aliphatic heterocycles. The molecule has 0 unspecified atom stereocenters. The van der Waals surface area contributed by atoms with E-state index in [9.17, 15) is 18.3 Å². The number of nitrogens with zero attached hydrogens (tertiary/aromatic N) is 1. The summed E-state index contributed by atoms with van der Waals surface area (Å²) in [7, 11) is -3.52. The van der Waals surface area contributed by atoms with E-state index < -0.39 is 28.1 Å². The smallest absolute Gasteiger partial charge is 0.221 e. The van der Waals surface area contributed by atoms with Gasteiger partial charge in [-0.25, -0.2) is 12.7 Å². The van der Waals surface area contributed by atoms with E-state index in [1.807, 2.05) is 56.3 Å². The Kier molecular flexibility index (Phi) is 12.7. The normalized spacial score (nSPS) is 13.5. The predicted molar refractivity (Wildman–Crippen MR) is 142 cm³/mol. The maximum atomic E-state index is 12.7. The van der Waals surface area contributed by atoms with Crippen LogP contribution in [0.3, 0.4) is 0 Å². The summed E-state index contributed by atoms with van der Waals surface area (Å²) < 4.78 is 26.9. The molecule has 0 radical (unpaired) electrons. The Morgan fingerprint density at radius 3 is 2.23 bits per heavy atom. The van der Waals surface area contributed by atoms with Gasteiger partial charge in [-0.05, 0) is 42.5 Å². The van der Waals surface area contributed by atoms with Gasteiger partial charge in [0.15, 0.2) is 0 Å². The van der Waals surface area contributed by atoms with E-state index in [-0.39, 0.29) is 18.7 Å². The van der Waals surface area contributed by atoms with Gasteiger partial charge in [0.05, 0.1) is 17.9 Å². The molecule has 3 N–H and O–H groups in total. The van der Waals surface area contributed by atoms with Crippen LogP contribution in [0.5, 0.6) is 0 Å². The maximum absolute atomic E-state index is 12.7.